The first-order chi connectivity index (χ1) is 9.56. The number of aryl methyl sites for hydroxylation is 1. The fourth-order valence-corrected chi connectivity index (χ4v) is 2.15. The van der Waals surface area contributed by atoms with Gasteiger partial charge in [-0.05, 0) is 24.7 Å². The summed E-state index contributed by atoms with van der Waals surface area (Å²) in [5.41, 5.74) is -0.0309. The Labute approximate surface area is 119 Å². The lowest BCUT2D eigenvalue weighted by Gasteiger charge is -2.31. The summed E-state index contributed by atoms with van der Waals surface area (Å²) in [6.07, 6.45) is 4.00. The number of aromatic nitrogens is 3. The number of hydrogen-bond acceptors (Lipinski definition) is 4. The van der Waals surface area contributed by atoms with E-state index >= 15 is 0 Å². The van der Waals surface area contributed by atoms with E-state index < -0.39 is 0 Å². The van der Waals surface area contributed by atoms with Crippen molar-refractivity contribution in [3.05, 3.63) is 12.2 Å². The average Bonchev–Trinajstić information content (AvgIpc) is 2.87. The molecule has 0 aromatic carbocycles. The lowest BCUT2D eigenvalue weighted by atomic mass is 9.79. The molecule has 0 aliphatic rings. The van der Waals surface area contributed by atoms with Crippen LogP contribution in [0.2, 0.25) is 0 Å². The third-order valence-electron chi connectivity index (χ3n) is 3.98. The number of aliphatic hydroxyl groups is 1. The summed E-state index contributed by atoms with van der Waals surface area (Å²) in [7, 11) is 1.78. The van der Waals surface area contributed by atoms with Gasteiger partial charge < -0.3 is 15.7 Å². The molecule has 1 aromatic rings. The highest BCUT2D eigenvalue weighted by molar-refractivity contribution is 5.73. The molecule has 0 radical (unpaired) electrons. The van der Waals surface area contributed by atoms with Gasteiger partial charge in [-0.2, -0.15) is 5.10 Å². The summed E-state index contributed by atoms with van der Waals surface area (Å²) in [6, 6.07) is -0.225. The van der Waals surface area contributed by atoms with Crippen molar-refractivity contribution >= 4 is 6.03 Å². The summed E-state index contributed by atoms with van der Waals surface area (Å²) < 4.78 is 1.62. The van der Waals surface area contributed by atoms with Crippen molar-refractivity contribution < 1.29 is 9.90 Å². The van der Waals surface area contributed by atoms with Gasteiger partial charge in [0.05, 0.1) is 6.54 Å². The zero-order valence-corrected chi connectivity index (χ0v) is 12.5. The van der Waals surface area contributed by atoms with E-state index in [2.05, 4.69) is 34.6 Å². The third kappa shape index (κ3) is 4.48. The van der Waals surface area contributed by atoms with Gasteiger partial charge in [-0.25, -0.2) is 9.78 Å². The number of hydrogen-bond donors (Lipinski definition) is 3. The monoisotopic (exact) mass is 283 g/mol. The number of nitrogens with zero attached hydrogens (tertiary/aromatic N) is 3. The van der Waals surface area contributed by atoms with E-state index in [4.69, 9.17) is 5.11 Å². The normalized spacial score (nSPS) is 11.4. The maximum atomic E-state index is 11.8. The van der Waals surface area contributed by atoms with E-state index in [-0.39, 0.29) is 18.1 Å². The molecule has 0 spiro atoms. The van der Waals surface area contributed by atoms with Crippen LogP contribution >= 0.6 is 0 Å². The number of nitrogens with one attached hydrogen (secondary N) is 2. The van der Waals surface area contributed by atoms with Crippen molar-refractivity contribution in [2.24, 2.45) is 12.5 Å². The Balaban J connectivity index is 2.40. The number of urea groups is 1. The summed E-state index contributed by atoms with van der Waals surface area (Å²) in [5.74, 6) is 0.702. The minimum absolute atomic E-state index is 0.0309. The van der Waals surface area contributed by atoms with Gasteiger partial charge in [0.1, 0.15) is 12.2 Å². The maximum Gasteiger partial charge on any atom is 0.315 e. The van der Waals surface area contributed by atoms with Gasteiger partial charge >= 0.3 is 6.03 Å². The molecule has 0 bridgehead atoms. The van der Waals surface area contributed by atoms with Crippen LogP contribution in [0.4, 0.5) is 4.79 Å². The summed E-state index contributed by atoms with van der Waals surface area (Å²) in [4.78, 5) is 15.8. The van der Waals surface area contributed by atoms with Gasteiger partial charge in [-0.3, -0.25) is 4.68 Å². The second kappa shape index (κ2) is 7.84. The van der Waals surface area contributed by atoms with Crippen molar-refractivity contribution in [3.63, 3.8) is 0 Å². The molecule has 1 rings (SSSR count). The molecular weight excluding hydrogens is 258 g/mol. The Hall–Kier alpha value is -1.63. The molecule has 7 heteroatoms. The zero-order chi connectivity index (χ0) is 15.0. The van der Waals surface area contributed by atoms with E-state index in [1.807, 2.05) is 0 Å². The molecule has 2 amide bonds. The van der Waals surface area contributed by atoms with Crippen molar-refractivity contribution in [1.29, 1.82) is 0 Å². The molecule has 0 unspecified atom stereocenters. The van der Waals surface area contributed by atoms with Crippen LogP contribution in [0.25, 0.3) is 0 Å². The van der Waals surface area contributed by atoms with Crippen LogP contribution in [-0.2, 0) is 13.6 Å². The molecule has 0 saturated heterocycles. The van der Waals surface area contributed by atoms with Crippen molar-refractivity contribution in [2.75, 3.05) is 13.2 Å². The van der Waals surface area contributed by atoms with Crippen LogP contribution in [0.15, 0.2) is 6.33 Å². The van der Waals surface area contributed by atoms with Gasteiger partial charge in [0.25, 0.3) is 0 Å². The molecule has 0 aliphatic heterocycles. The van der Waals surface area contributed by atoms with E-state index in [1.165, 1.54) is 6.33 Å². The molecule has 0 fully saturated rings. The summed E-state index contributed by atoms with van der Waals surface area (Å²) in [6.45, 7) is 5.21. The highest BCUT2D eigenvalue weighted by Crippen LogP contribution is 2.29. The van der Waals surface area contributed by atoms with Crippen LogP contribution in [0.3, 0.4) is 0 Å². The molecule has 0 saturated carbocycles. The first kappa shape index (κ1) is 16.4. The van der Waals surface area contributed by atoms with Crippen molar-refractivity contribution in [2.45, 2.75) is 39.7 Å². The molecule has 1 heterocycles. The first-order valence-electron chi connectivity index (χ1n) is 7.02. The van der Waals surface area contributed by atoms with Gasteiger partial charge in [-0.1, -0.05) is 13.8 Å². The Morgan fingerprint density at radius 2 is 2.10 bits per heavy atom. The molecule has 114 valence electrons. The van der Waals surface area contributed by atoms with Gasteiger partial charge in [0, 0.05) is 20.2 Å². The van der Waals surface area contributed by atoms with Crippen LogP contribution in [-0.4, -0.2) is 39.1 Å². The van der Waals surface area contributed by atoms with Crippen molar-refractivity contribution in [1.82, 2.24) is 25.4 Å². The van der Waals surface area contributed by atoms with E-state index in [0.29, 0.717) is 25.3 Å². The largest absolute Gasteiger partial charge is 0.396 e. The smallest absolute Gasteiger partial charge is 0.315 e. The Bertz CT molecular complexity index is 415. The fraction of sp³-hybridized carbons (Fsp3) is 0.769. The molecule has 20 heavy (non-hydrogen) atoms. The van der Waals surface area contributed by atoms with Crippen LogP contribution in [0.1, 0.15) is 38.9 Å². The molecule has 1 aromatic heterocycles. The predicted molar refractivity (Wildman–Crippen MR) is 76.0 cm³/mol. The van der Waals surface area contributed by atoms with E-state index in [1.54, 1.807) is 11.7 Å². The van der Waals surface area contributed by atoms with Gasteiger partial charge in [-0.15, -0.1) is 0 Å². The number of amides is 2. The summed E-state index contributed by atoms with van der Waals surface area (Å²) >= 11 is 0. The maximum absolute atomic E-state index is 11.8. The highest BCUT2D eigenvalue weighted by Gasteiger charge is 2.26. The first-order valence-corrected chi connectivity index (χ1v) is 7.02. The van der Waals surface area contributed by atoms with E-state index in [0.717, 1.165) is 12.8 Å². The molecular formula is C13H25N5O2. The number of carbonyl (C=O) groups is 1. The molecule has 0 aliphatic carbocycles. The Morgan fingerprint density at radius 3 is 2.60 bits per heavy atom. The van der Waals surface area contributed by atoms with E-state index in [9.17, 15) is 4.79 Å². The Morgan fingerprint density at radius 1 is 1.40 bits per heavy atom. The van der Waals surface area contributed by atoms with Gasteiger partial charge in [0.15, 0.2) is 0 Å². The number of carbonyl (C=O) groups excluding carboxylic acids is 1. The Kier molecular flexibility index (Phi) is 6.44. The van der Waals surface area contributed by atoms with Crippen molar-refractivity contribution in [3.8, 4) is 0 Å². The topological polar surface area (TPSA) is 92.1 Å². The van der Waals surface area contributed by atoms with Crippen LogP contribution < -0.4 is 10.6 Å². The SMILES string of the molecule is CCC(CC)(CCO)CNC(=O)NCc1ncnn1C. The number of rotatable bonds is 8. The quantitative estimate of drug-likeness (QED) is 0.658. The average molecular weight is 283 g/mol. The fourth-order valence-electron chi connectivity index (χ4n) is 2.15. The predicted octanol–water partition coefficient (Wildman–Crippen LogP) is 0.803. The van der Waals surface area contributed by atoms with Crippen LogP contribution in [0.5, 0.6) is 0 Å². The second-order valence-electron chi connectivity index (χ2n) is 5.02. The van der Waals surface area contributed by atoms with Crippen LogP contribution in [0, 0.1) is 5.41 Å². The zero-order valence-electron chi connectivity index (χ0n) is 12.5. The highest BCUT2D eigenvalue weighted by atomic mass is 16.3. The lowest BCUT2D eigenvalue weighted by Crippen LogP contribution is -2.42. The molecule has 7 nitrogen and oxygen atoms in total. The summed E-state index contributed by atoms with van der Waals surface area (Å²) in [5, 5.41) is 18.7. The minimum Gasteiger partial charge on any atom is -0.396 e. The minimum atomic E-state index is -0.225. The third-order valence-corrected chi connectivity index (χ3v) is 3.98. The standard InChI is InChI=1S/C13H25N5O2/c1-4-13(5-2,6-7-19)9-15-12(20)14-8-11-16-10-17-18(11)3/h10,19H,4-9H2,1-3H3,(H2,14,15,20). The number of aliphatic hydroxyl groups excluding tert-OH is 1. The molecule has 3 N–H and O–H groups in total. The second-order valence-corrected chi connectivity index (χ2v) is 5.02. The molecule has 0 atom stereocenters. The van der Waals surface area contributed by atoms with Gasteiger partial charge in [0.2, 0.25) is 0 Å². The lowest BCUT2D eigenvalue weighted by molar-refractivity contribution is 0.163.